The van der Waals surface area contributed by atoms with Crippen LogP contribution in [0, 0.1) is 0 Å². The molecule has 6 heteroatoms. The molecule has 0 saturated heterocycles. The van der Waals surface area contributed by atoms with Crippen LogP contribution in [-0.2, 0) is 6.54 Å². The SMILES string of the molecule is O=c1sc(/C=C2\C=Nc3ccc(Br)cc32)c(O)n1Cc1ccc2ccccc2c1. The third-order valence-corrected chi connectivity index (χ3v) is 6.36. The Labute approximate surface area is 179 Å². The molecule has 2 heterocycles. The van der Waals surface area contributed by atoms with Crippen molar-refractivity contribution in [1.29, 1.82) is 0 Å². The van der Waals surface area contributed by atoms with Gasteiger partial charge in [0.15, 0.2) is 0 Å². The number of nitrogens with zero attached hydrogens (tertiary/aromatic N) is 2. The zero-order chi connectivity index (χ0) is 20.0. The maximum atomic E-state index is 12.6. The van der Waals surface area contributed by atoms with E-state index in [-0.39, 0.29) is 10.8 Å². The molecule has 1 aliphatic heterocycles. The molecule has 4 nitrogen and oxygen atoms in total. The van der Waals surface area contributed by atoms with Gasteiger partial charge in [-0.1, -0.05) is 63.7 Å². The fraction of sp³-hybridized carbons (Fsp3) is 0.0435. The first kappa shape index (κ1) is 18.1. The largest absolute Gasteiger partial charge is 0.493 e. The third kappa shape index (κ3) is 3.34. The molecule has 142 valence electrons. The number of allylic oxidation sites excluding steroid dienone is 1. The Morgan fingerprint density at radius 1 is 1.07 bits per heavy atom. The minimum atomic E-state index is -0.188. The van der Waals surface area contributed by atoms with Gasteiger partial charge in [0.2, 0.25) is 5.88 Å². The second-order valence-electron chi connectivity index (χ2n) is 6.84. The van der Waals surface area contributed by atoms with Gasteiger partial charge in [0.05, 0.1) is 17.1 Å². The molecule has 0 fully saturated rings. The van der Waals surface area contributed by atoms with Gasteiger partial charge >= 0.3 is 4.87 Å². The van der Waals surface area contributed by atoms with Crippen LogP contribution < -0.4 is 4.87 Å². The van der Waals surface area contributed by atoms with Crippen molar-refractivity contribution in [2.75, 3.05) is 0 Å². The van der Waals surface area contributed by atoms with E-state index in [1.54, 1.807) is 6.21 Å². The van der Waals surface area contributed by atoms with E-state index in [9.17, 15) is 9.90 Å². The minimum Gasteiger partial charge on any atom is -0.493 e. The summed E-state index contributed by atoms with van der Waals surface area (Å²) in [6.45, 7) is 0.325. The van der Waals surface area contributed by atoms with Gasteiger partial charge in [0.25, 0.3) is 0 Å². The molecule has 3 aromatic carbocycles. The van der Waals surface area contributed by atoms with E-state index in [1.165, 1.54) is 4.57 Å². The van der Waals surface area contributed by atoms with E-state index in [4.69, 9.17) is 0 Å². The van der Waals surface area contributed by atoms with Crippen molar-refractivity contribution in [3.8, 4) is 5.88 Å². The first-order valence-corrected chi connectivity index (χ1v) is 10.7. The minimum absolute atomic E-state index is 0.0162. The van der Waals surface area contributed by atoms with Crippen LogP contribution in [0.15, 0.2) is 74.9 Å². The zero-order valence-corrected chi connectivity index (χ0v) is 17.6. The Hall–Kier alpha value is -2.96. The first-order valence-electron chi connectivity index (χ1n) is 9.04. The molecule has 1 N–H and O–H groups in total. The summed E-state index contributed by atoms with van der Waals surface area (Å²) in [6, 6.07) is 20.0. The number of benzene rings is 3. The van der Waals surface area contributed by atoms with Gasteiger partial charge in [-0.25, -0.2) is 0 Å². The molecule has 0 aliphatic carbocycles. The molecule has 29 heavy (non-hydrogen) atoms. The van der Waals surface area contributed by atoms with E-state index in [0.717, 1.165) is 49.0 Å². The number of aliphatic imine (C=N–C) groups is 1. The number of hydrogen-bond donors (Lipinski definition) is 1. The van der Waals surface area contributed by atoms with Crippen molar-refractivity contribution in [1.82, 2.24) is 4.57 Å². The number of thiazole rings is 1. The van der Waals surface area contributed by atoms with Gasteiger partial charge in [0, 0.05) is 21.8 Å². The third-order valence-electron chi connectivity index (χ3n) is 4.95. The Balaban J connectivity index is 1.51. The summed E-state index contributed by atoms with van der Waals surface area (Å²) >= 11 is 4.52. The monoisotopic (exact) mass is 462 g/mol. The summed E-state index contributed by atoms with van der Waals surface area (Å²) < 4.78 is 2.37. The van der Waals surface area contributed by atoms with Crippen LogP contribution in [0.5, 0.6) is 5.88 Å². The standard InChI is InChI=1S/C23H15BrN2O2S/c24-18-7-8-20-19(11-18)17(12-25-20)10-21-22(27)26(23(28)29-21)13-14-5-6-15-3-1-2-4-16(15)9-14/h1-12,27H,13H2/b17-10+. The highest BCUT2D eigenvalue weighted by Crippen LogP contribution is 2.36. The smallest absolute Gasteiger partial charge is 0.310 e. The van der Waals surface area contributed by atoms with E-state index in [1.807, 2.05) is 54.6 Å². The summed E-state index contributed by atoms with van der Waals surface area (Å²) in [5, 5.41) is 13.0. The normalized spacial score (nSPS) is 14.0. The predicted octanol–water partition coefficient (Wildman–Crippen LogP) is 5.84. The lowest BCUT2D eigenvalue weighted by atomic mass is 10.1. The number of rotatable bonds is 3. The zero-order valence-electron chi connectivity index (χ0n) is 15.2. The number of fused-ring (bicyclic) bond motifs is 2. The average molecular weight is 463 g/mol. The molecule has 0 unspecified atom stereocenters. The van der Waals surface area contributed by atoms with Crippen LogP contribution in [-0.4, -0.2) is 15.9 Å². The summed E-state index contributed by atoms with van der Waals surface area (Å²) in [7, 11) is 0. The molecule has 4 aromatic rings. The molecule has 0 radical (unpaired) electrons. The lowest BCUT2D eigenvalue weighted by Crippen LogP contribution is -2.13. The maximum Gasteiger partial charge on any atom is 0.310 e. The van der Waals surface area contributed by atoms with Crippen molar-refractivity contribution in [2.45, 2.75) is 6.54 Å². The summed E-state index contributed by atoms with van der Waals surface area (Å²) in [6.07, 6.45) is 3.58. The van der Waals surface area contributed by atoms with E-state index in [0.29, 0.717) is 11.4 Å². The fourth-order valence-corrected chi connectivity index (χ4v) is 4.68. The molecule has 0 amide bonds. The van der Waals surface area contributed by atoms with Crippen LogP contribution in [0.2, 0.25) is 0 Å². The van der Waals surface area contributed by atoms with E-state index in [2.05, 4.69) is 33.1 Å². The van der Waals surface area contributed by atoms with Gasteiger partial charge in [-0.05, 0) is 46.7 Å². The number of aromatic hydroxyl groups is 1. The van der Waals surface area contributed by atoms with Crippen LogP contribution in [0.4, 0.5) is 5.69 Å². The Morgan fingerprint density at radius 2 is 1.90 bits per heavy atom. The molecule has 1 aromatic heterocycles. The highest BCUT2D eigenvalue weighted by atomic mass is 79.9. The molecule has 1 aliphatic rings. The van der Waals surface area contributed by atoms with Gasteiger partial charge in [-0.3, -0.25) is 14.4 Å². The maximum absolute atomic E-state index is 12.6. The second-order valence-corrected chi connectivity index (χ2v) is 8.75. The molecule has 5 rings (SSSR count). The topological polar surface area (TPSA) is 54.6 Å². The number of aromatic nitrogens is 1. The summed E-state index contributed by atoms with van der Waals surface area (Å²) in [4.78, 5) is 17.3. The predicted molar refractivity (Wildman–Crippen MR) is 123 cm³/mol. The van der Waals surface area contributed by atoms with Crippen LogP contribution >= 0.6 is 27.3 Å². The number of halogens is 1. The molecular weight excluding hydrogens is 448 g/mol. The first-order chi connectivity index (χ1) is 14.1. The van der Waals surface area contributed by atoms with E-state index >= 15 is 0 Å². The number of hydrogen-bond acceptors (Lipinski definition) is 4. The van der Waals surface area contributed by atoms with Crippen LogP contribution in [0.1, 0.15) is 16.0 Å². The molecule has 0 saturated carbocycles. The van der Waals surface area contributed by atoms with Crippen LogP contribution in [0.25, 0.3) is 22.4 Å². The van der Waals surface area contributed by atoms with E-state index < -0.39 is 0 Å². The van der Waals surface area contributed by atoms with Crippen molar-refractivity contribution >= 4 is 61.6 Å². The summed E-state index contributed by atoms with van der Waals surface area (Å²) in [5.74, 6) is -0.0162. The Bertz CT molecular complexity index is 1380. The van der Waals surface area contributed by atoms with Gasteiger partial charge in [0.1, 0.15) is 0 Å². The fourth-order valence-electron chi connectivity index (χ4n) is 3.48. The summed E-state index contributed by atoms with van der Waals surface area (Å²) in [5.41, 5.74) is 3.69. The van der Waals surface area contributed by atoms with Crippen molar-refractivity contribution in [2.24, 2.45) is 4.99 Å². The molecule has 0 spiro atoms. The van der Waals surface area contributed by atoms with Crippen LogP contribution in [0.3, 0.4) is 0 Å². The molecule has 0 atom stereocenters. The lowest BCUT2D eigenvalue weighted by molar-refractivity contribution is 0.420. The highest BCUT2D eigenvalue weighted by molar-refractivity contribution is 9.10. The highest BCUT2D eigenvalue weighted by Gasteiger charge is 2.17. The van der Waals surface area contributed by atoms with Gasteiger partial charge in [-0.2, -0.15) is 0 Å². The lowest BCUT2D eigenvalue weighted by Gasteiger charge is -2.06. The Kier molecular flexibility index (Phi) is 4.45. The van der Waals surface area contributed by atoms with Gasteiger partial charge in [-0.15, -0.1) is 0 Å². The van der Waals surface area contributed by atoms with Crippen molar-refractivity contribution in [3.63, 3.8) is 0 Å². The molecular formula is C23H15BrN2O2S. The van der Waals surface area contributed by atoms with Crippen molar-refractivity contribution < 1.29 is 5.11 Å². The van der Waals surface area contributed by atoms with Gasteiger partial charge < -0.3 is 5.11 Å². The Morgan fingerprint density at radius 3 is 2.76 bits per heavy atom. The quantitative estimate of drug-likeness (QED) is 0.415. The second kappa shape index (κ2) is 7.13. The van der Waals surface area contributed by atoms with Crippen molar-refractivity contribution in [3.05, 3.63) is 90.8 Å². The molecule has 0 bridgehead atoms. The average Bonchev–Trinajstić information content (AvgIpc) is 3.23.